The molecule has 0 aromatic rings. The molecule has 0 rings (SSSR count). The van der Waals surface area contributed by atoms with E-state index in [1.54, 1.807) is 0 Å². The normalized spacial score (nSPS) is 10.8. The molecule has 0 aromatic heterocycles. The Morgan fingerprint density at radius 2 is 1.69 bits per heavy atom. The molecule has 0 spiro atoms. The van der Waals surface area contributed by atoms with Gasteiger partial charge in [-0.1, -0.05) is 39.0 Å². The molecule has 0 aliphatic carbocycles. The maximum absolute atomic E-state index is 9.95. The second-order valence-electron chi connectivity index (χ2n) is 2.82. The SMILES string of the molecule is CCCCCCCCO[P+](=O)[O-].[Ni+2]. The van der Waals surface area contributed by atoms with E-state index >= 15 is 0 Å². The zero-order valence-corrected chi connectivity index (χ0v) is 9.82. The van der Waals surface area contributed by atoms with Crippen molar-refractivity contribution in [2.75, 3.05) is 6.61 Å². The van der Waals surface area contributed by atoms with E-state index in [-0.39, 0.29) is 16.5 Å². The Bertz CT molecular complexity index is 122. The second-order valence-corrected chi connectivity index (χ2v) is 3.53. The van der Waals surface area contributed by atoms with E-state index in [1.807, 2.05) is 0 Å². The minimum atomic E-state index is -2.63. The third kappa shape index (κ3) is 15.3. The van der Waals surface area contributed by atoms with Crippen LogP contribution in [0.3, 0.4) is 0 Å². The molecule has 0 N–H and O–H groups in total. The Hall–Kier alpha value is 0.514. The van der Waals surface area contributed by atoms with Gasteiger partial charge in [-0.15, -0.1) is 4.52 Å². The van der Waals surface area contributed by atoms with Gasteiger partial charge in [0.25, 0.3) is 0 Å². The first-order valence-corrected chi connectivity index (χ1v) is 5.64. The summed E-state index contributed by atoms with van der Waals surface area (Å²) < 4.78 is 14.4. The summed E-state index contributed by atoms with van der Waals surface area (Å²) >= 11 is 0. The average molecular weight is 251 g/mol. The Kier molecular flexibility index (Phi) is 15.4. The summed E-state index contributed by atoms with van der Waals surface area (Å²) in [5.74, 6) is 0. The van der Waals surface area contributed by atoms with Gasteiger partial charge in [0.05, 0.1) is 0 Å². The summed E-state index contributed by atoms with van der Waals surface area (Å²) in [5, 5.41) is 0. The molecule has 0 fully saturated rings. The zero-order chi connectivity index (χ0) is 9.23. The van der Waals surface area contributed by atoms with Gasteiger partial charge in [-0.25, -0.2) is 0 Å². The van der Waals surface area contributed by atoms with Crippen molar-refractivity contribution in [2.24, 2.45) is 0 Å². The summed E-state index contributed by atoms with van der Waals surface area (Å²) in [6.07, 6.45) is 6.88. The fourth-order valence-electron chi connectivity index (χ4n) is 1.02. The van der Waals surface area contributed by atoms with Gasteiger partial charge in [0.1, 0.15) is 6.61 Å². The standard InChI is InChI=1S/C8H17O3P.Ni/c1-2-3-4-5-6-7-8-11-12(9)10;/h2-8H2,1H3;/q;+2. The molecule has 0 aliphatic heterocycles. The molecular formula is C8H17NiO3P+2. The van der Waals surface area contributed by atoms with E-state index in [9.17, 15) is 9.46 Å². The maximum atomic E-state index is 9.95. The number of rotatable bonds is 8. The molecule has 80 valence electrons. The van der Waals surface area contributed by atoms with Crippen LogP contribution in [0.1, 0.15) is 45.4 Å². The summed E-state index contributed by atoms with van der Waals surface area (Å²) in [5.41, 5.74) is 0. The molecule has 0 saturated heterocycles. The molecule has 1 unspecified atom stereocenters. The van der Waals surface area contributed by atoms with Crippen molar-refractivity contribution in [3.8, 4) is 0 Å². The molecule has 13 heavy (non-hydrogen) atoms. The van der Waals surface area contributed by atoms with E-state index in [2.05, 4.69) is 11.4 Å². The van der Waals surface area contributed by atoms with Crippen LogP contribution in [0.5, 0.6) is 0 Å². The Balaban J connectivity index is 0. The molecule has 0 radical (unpaired) electrons. The van der Waals surface area contributed by atoms with Crippen LogP contribution in [-0.4, -0.2) is 6.61 Å². The topological polar surface area (TPSA) is 49.4 Å². The molecule has 3 nitrogen and oxygen atoms in total. The van der Waals surface area contributed by atoms with Gasteiger partial charge in [0.15, 0.2) is 0 Å². The third-order valence-electron chi connectivity index (χ3n) is 1.69. The first-order valence-electron chi connectivity index (χ1n) is 4.54. The maximum Gasteiger partial charge on any atom is 2.00 e. The minimum absolute atomic E-state index is 0. The van der Waals surface area contributed by atoms with E-state index in [1.165, 1.54) is 25.7 Å². The van der Waals surface area contributed by atoms with Crippen LogP contribution in [-0.2, 0) is 25.6 Å². The fraction of sp³-hybridized carbons (Fsp3) is 1.00. The summed E-state index contributed by atoms with van der Waals surface area (Å²) in [6.45, 7) is 2.52. The van der Waals surface area contributed by atoms with E-state index in [0.717, 1.165) is 12.8 Å². The number of hydrogen-bond donors (Lipinski definition) is 0. The van der Waals surface area contributed by atoms with Crippen molar-refractivity contribution in [1.29, 1.82) is 0 Å². The first-order chi connectivity index (χ1) is 5.77. The van der Waals surface area contributed by atoms with Crippen LogP contribution < -0.4 is 4.89 Å². The van der Waals surface area contributed by atoms with Gasteiger partial charge in [-0.3, -0.25) is 0 Å². The predicted octanol–water partition coefficient (Wildman–Crippen LogP) is 2.38. The fourth-order valence-corrected chi connectivity index (χ4v) is 1.30. The first kappa shape index (κ1) is 16.0. The van der Waals surface area contributed by atoms with Crippen LogP contribution in [0, 0.1) is 0 Å². The number of hydrogen-bond acceptors (Lipinski definition) is 3. The molecule has 0 saturated carbocycles. The van der Waals surface area contributed by atoms with Gasteiger partial charge >= 0.3 is 24.7 Å². The second kappa shape index (κ2) is 12.5. The quantitative estimate of drug-likeness (QED) is 0.378. The van der Waals surface area contributed by atoms with Crippen molar-refractivity contribution in [3.63, 3.8) is 0 Å². The van der Waals surface area contributed by atoms with Crippen molar-refractivity contribution in [1.82, 2.24) is 0 Å². The van der Waals surface area contributed by atoms with Gasteiger partial charge in [-0.05, 0) is 11.0 Å². The Morgan fingerprint density at radius 3 is 2.23 bits per heavy atom. The Morgan fingerprint density at radius 1 is 1.15 bits per heavy atom. The van der Waals surface area contributed by atoms with Crippen LogP contribution >= 0.6 is 8.25 Å². The van der Waals surface area contributed by atoms with Crippen molar-refractivity contribution < 1.29 is 30.5 Å². The Labute approximate surface area is 91.1 Å². The van der Waals surface area contributed by atoms with Crippen LogP contribution in [0.4, 0.5) is 0 Å². The van der Waals surface area contributed by atoms with E-state index in [0.29, 0.717) is 6.61 Å². The molecule has 5 heteroatoms. The van der Waals surface area contributed by atoms with Crippen molar-refractivity contribution in [3.05, 3.63) is 0 Å². The van der Waals surface area contributed by atoms with Crippen molar-refractivity contribution >= 4 is 8.25 Å². The van der Waals surface area contributed by atoms with Crippen LogP contribution in [0.25, 0.3) is 0 Å². The summed E-state index contributed by atoms with van der Waals surface area (Å²) in [7, 11) is -2.63. The zero-order valence-electron chi connectivity index (χ0n) is 7.94. The minimum Gasteiger partial charge on any atom is -0.566 e. The summed E-state index contributed by atoms with van der Waals surface area (Å²) in [6, 6.07) is 0. The smallest absolute Gasteiger partial charge is 0.566 e. The van der Waals surface area contributed by atoms with Crippen LogP contribution in [0.2, 0.25) is 0 Å². The molecule has 0 amide bonds. The van der Waals surface area contributed by atoms with Crippen molar-refractivity contribution in [2.45, 2.75) is 45.4 Å². The van der Waals surface area contributed by atoms with Gasteiger partial charge in [0.2, 0.25) is 0 Å². The van der Waals surface area contributed by atoms with Gasteiger partial charge in [-0.2, -0.15) is 0 Å². The average Bonchev–Trinajstić information content (AvgIpc) is 2.02. The van der Waals surface area contributed by atoms with E-state index in [4.69, 9.17) is 0 Å². The molecule has 0 bridgehead atoms. The number of unbranched alkanes of at least 4 members (excludes halogenated alkanes) is 5. The third-order valence-corrected chi connectivity index (χ3v) is 2.09. The predicted molar refractivity (Wildman–Crippen MR) is 46.9 cm³/mol. The molecule has 0 heterocycles. The molecule has 1 atom stereocenters. The van der Waals surface area contributed by atoms with Crippen LogP contribution in [0.15, 0.2) is 0 Å². The molecule has 0 aromatic carbocycles. The van der Waals surface area contributed by atoms with Gasteiger partial charge < -0.3 is 4.89 Å². The summed E-state index contributed by atoms with van der Waals surface area (Å²) in [4.78, 5) is 9.95. The van der Waals surface area contributed by atoms with Gasteiger partial charge in [0, 0.05) is 0 Å². The molecular weight excluding hydrogens is 234 g/mol. The molecule has 0 aliphatic rings. The largest absolute Gasteiger partial charge is 2.00 e. The van der Waals surface area contributed by atoms with E-state index < -0.39 is 8.25 Å². The monoisotopic (exact) mass is 250 g/mol.